The number of nitro benzene ring substituents is 1. The van der Waals surface area contributed by atoms with E-state index in [1.807, 2.05) is 0 Å². The standard InChI is InChI=1S/C16H23N5O4.ClH/c17-3-1-2-4-19-15-13(11-20-5-7-25-8-6-20)9-12(16(18)22)10-14(15)21(23)24;/h1-2,9-10,19H,3-8,11,17H2,(H2,18,22);1H/b2-1+;. The molecule has 1 aliphatic heterocycles. The fourth-order valence-electron chi connectivity index (χ4n) is 2.64. The number of primary amides is 1. The molecule has 10 heteroatoms. The SMILES string of the molecule is Cl.NC/C=C/CNc1c(CN2CCOCC2)cc(C(N)=O)cc1[N+](=O)[O-]. The molecule has 0 spiro atoms. The predicted molar refractivity (Wildman–Crippen MR) is 102 cm³/mol. The zero-order valence-electron chi connectivity index (χ0n) is 14.3. The summed E-state index contributed by atoms with van der Waals surface area (Å²) in [5.41, 5.74) is 11.7. The highest BCUT2D eigenvalue weighted by atomic mass is 35.5. The van der Waals surface area contributed by atoms with Crippen LogP contribution in [0.4, 0.5) is 11.4 Å². The summed E-state index contributed by atoms with van der Waals surface area (Å²) in [6, 6.07) is 2.82. The molecule has 0 unspecified atom stereocenters. The van der Waals surface area contributed by atoms with Gasteiger partial charge in [0.2, 0.25) is 5.91 Å². The van der Waals surface area contributed by atoms with Gasteiger partial charge in [-0.15, -0.1) is 12.4 Å². The van der Waals surface area contributed by atoms with E-state index in [-0.39, 0.29) is 23.7 Å². The molecule has 26 heavy (non-hydrogen) atoms. The quantitative estimate of drug-likeness (QED) is 0.343. The first-order chi connectivity index (χ1) is 12.0. The van der Waals surface area contributed by atoms with Gasteiger partial charge in [0.1, 0.15) is 5.69 Å². The molecule has 0 atom stereocenters. The van der Waals surface area contributed by atoms with Gasteiger partial charge in [-0.1, -0.05) is 12.2 Å². The molecule has 0 aliphatic carbocycles. The van der Waals surface area contributed by atoms with Gasteiger partial charge in [-0.2, -0.15) is 0 Å². The Morgan fingerprint density at radius 3 is 2.62 bits per heavy atom. The van der Waals surface area contributed by atoms with E-state index in [1.54, 1.807) is 18.2 Å². The normalized spacial score (nSPS) is 14.8. The van der Waals surface area contributed by atoms with Crippen LogP contribution in [-0.4, -0.2) is 55.1 Å². The number of hydrogen-bond acceptors (Lipinski definition) is 7. The van der Waals surface area contributed by atoms with Gasteiger partial charge in [0.15, 0.2) is 0 Å². The molecule has 1 aromatic rings. The van der Waals surface area contributed by atoms with Gasteiger partial charge in [-0.3, -0.25) is 19.8 Å². The van der Waals surface area contributed by atoms with Gasteiger partial charge in [-0.05, 0) is 11.6 Å². The number of halogens is 1. The Kier molecular flexibility index (Phi) is 9.00. The molecule has 1 amide bonds. The highest BCUT2D eigenvalue weighted by Crippen LogP contribution is 2.31. The van der Waals surface area contributed by atoms with Gasteiger partial charge in [-0.25, -0.2) is 0 Å². The molecule has 1 heterocycles. The van der Waals surface area contributed by atoms with E-state index in [0.717, 1.165) is 13.1 Å². The minimum Gasteiger partial charge on any atom is -0.379 e. The molecule has 9 nitrogen and oxygen atoms in total. The third-order valence-electron chi connectivity index (χ3n) is 3.88. The number of carbonyl (C=O) groups is 1. The summed E-state index contributed by atoms with van der Waals surface area (Å²) in [5.74, 6) is -0.694. The Morgan fingerprint density at radius 1 is 1.35 bits per heavy atom. The molecule has 0 bridgehead atoms. The maximum Gasteiger partial charge on any atom is 0.293 e. The number of nitrogens with two attached hydrogens (primary N) is 2. The molecular weight excluding hydrogens is 362 g/mol. The lowest BCUT2D eigenvalue weighted by Crippen LogP contribution is -2.36. The number of nitrogens with zero attached hydrogens (tertiary/aromatic N) is 2. The predicted octanol–water partition coefficient (Wildman–Crippen LogP) is 0.875. The van der Waals surface area contributed by atoms with Crippen molar-refractivity contribution in [3.63, 3.8) is 0 Å². The Bertz CT molecular complexity index is 662. The number of benzene rings is 1. The van der Waals surface area contributed by atoms with Gasteiger partial charge in [0, 0.05) is 44.4 Å². The number of hydrogen-bond donors (Lipinski definition) is 3. The lowest BCUT2D eigenvalue weighted by molar-refractivity contribution is -0.384. The summed E-state index contributed by atoms with van der Waals surface area (Å²) in [7, 11) is 0. The summed E-state index contributed by atoms with van der Waals surface area (Å²) in [5, 5.41) is 14.5. The van der Waals surface area contributed by atoms with Crippen LogP contribution in [-0.2, 0) is 11.3 Å². The van der Waals surface area contributed by atoms with Gasteiger partial charge >= 0.3 is 0 Å². The number of rotatable bonds is 8. The second-order valence-electron chi connectivity index (χ2n) is 5.63. The molecule has 1 aromatic carbocycles. The van der Waals surface area contributed by atoms with Crippen LogP contribution < -0.4 is 16.8 Å². The van der Waals surface area contributed by atoms with E-state index in [4.69, 9.17) is 16.2 Å². The summed E-state index contributed by atoms with van der Waals surface area (Å²) in [6.45, 7) is 3.92. The maximum absolute atomic E-state index is 11.6. The van der Waals surface area contributed by atoms with Crippen LogP contribution in [0.2, 0.25) is 0 Å². The Balaban J connectivity index is 0.00000338. The Morgan fingerprint density at radius 2 is 2.04 bits per heavy atom. The number of carbonyl (C=O) groups excluding carboxylic acids is 1. The molecule has 0 radical (unpaired) electrons. The van der Waals surface area contributed by atoms with Crippen molar-refractivity contribution in [2.75, 3.05) is 44.7 Å². The van der Waals surface area contributed by atoms with E-state index in [2.05, 4.69) is 10.2 Å². The molecule has 0 aromatic heterocycles. The molecule has 144 valence electrons. The van der Waals surface area contributed by atoms with Crippen molar-refractivity contribution in [2.24, 2.45) is 11.5 Å². The van der Waals surface area contributed by atoms with Gasteiger partial charge < -0.3 is 21.5 Å². The van der Waals surface area contributed by atoms with Crippen molar-refractivity contribution in [1.29, 1.82) is 0 Å². The Labute approximate surface area is 157 Å². The highest BCUT2D eigenvalue weighted by Gasteiger charge is 2.23. The molecule has 2 rings (SSSR count). The number of ether oxygens (including phenoxy) is 1. The zero-order chi connectivity index (χ0) is 18.2. The van der Waals surface area contributed by atoms with Gasteiger partial charge in [0.25, 0.3) is 5.69 Å². The van der Waals surface area contributed by atoms with Crippen molar-refractivity contribution in [3.05, 3.63) is 45.5 Å². The second kappa shape index (κ2) is 10.7. The number of morpholine rings is 1. The molecule has 0 saturated carbocycles. The third-order valence-corrected chi connectivity index (χ3v) is 3.88. The fourth-order valence-corrected chi connectivity index (χ4v) is 2.64. The topological polar surface area (TPSA) is 137 Å². The summed E-state index contributed by atoms with van der Waals surface area (Å²) < 4.78 is 5.32. The van der Waals surface area contributed by atoms with Crippen LogP contribution in [0.5, 0.6) is 0 Å². The number of nitro groups is 1. The van der Waals surface area contributed by atoms with Crippen molar-refractivity contribution in [3.8, 4) is 0 Å². The minimum atomic E-state index is -0.694. The third kappa shape index (κ3) is 5.95. The van der Waals surface area contributed by atoms with Crippen LogP contribution >= 0.6 is 12.4 Å². The first-order valence-electron chi connectivity index (χ1n) is 8.03. The molecule has 1 aliphatic rings. The number of nitrogens with one attached hydrogen (secondary N) is 1. The van der Waals surface area contributed by atoms with Crippen molar-refractivity contribution < 1.29 is 14.5 Å². The highest BCUT2D eigenvalue weighted by molar-refractivity contribution is 5.95. The molecular formula is C16H24ClN5O4. The van der Waals surface area contributed by atoms with E-state index < -0.39 is 10.8 Å². The maximum atomic E-state index is 11.6. The summed E-state index contributed by atoms with van der Waals surface area (Å²) in [4.78, 5) is 24.6. The summed E-state index contributed by atoms with van der Waals surface area (Å²) >= 11 is 0. The van der Waals surface area contributed by atoms with Crippen LogP contribution in [0.15, 0.2) is 24.3 Å². The van der Waals surface area contributed by atoms with E-state index in [1.165, 1.54) is 6.07 Å². The monoisotopic (exact) mass is 385 g/mol. The zero-order valence-corrected chi connectivity index (χ0v) is 15.2. The van der Waals surface area contributed by atoms with Crippen molar-refractivity contribution in [1.82, 2.24) is 4.90 Å². The van der Waals surface area contributed by atoms with E-state index in [9.17, 15) is 14.9 Å². The summed E-state index contributed by atoms with van der Waals surface area (Å²) in [6.07, 6.45) is 3.56. The average Bonchev–Trinajstić information content (AvgIpc) is 2.59. The number of amides is 1. The molecule has 1 fully saturated rings. The number of anilines is 1. The molecule has 1 saturated heterocycles. The Hall–Kier alpha value is -2.20. The van der Waals surface area contributed by atoms with Crippen molar-refractivity contribution >= 4 is 29.7 Å². The lowest BCUT2D eigenvalue weighted by Gasteiger charge is -2.27. The molecule has 5 N–H and O–H groups in total. The first-order valence-corrected chi connectivity index (χ1v) is 8.03. The largest absolute Gasteiger partial charge is 0.379 e. The lowest BCUT2D eigenvalue weighted by atomic mass is 10.0. The van der Waals surface area contributed by atoms with Crippen LogP contribution in [0.1, 0.15) is 15.9 Å². The van der Waals surface area contributed by atoms with Gasteiger partial charge in [0.05, 0.1) is 18.1 Å². The average molecular weight is 386 g/mol. The first kappa shape index (κ1) is 21.8. The van der Waals surface area contributed by atoms with Crippen LogP contribution in [0, 0.1) is 10.1 Å². The fraction of sp³-hybridized carbons (Fsp3) is 0.438. The minimum absolute atomic E-state index is 0. The smallest absolute Gasteiger partial charge is 0.293 e. The van der Waals surface area contributed by atoms with Crippen LogP contribution in [0.25, 0.3) is 0 Å². The van der Waals surface area contributed by atoms with Crippen LogP contribution in [0.3, 0.4) is 0 Å². The van der Waals surface area contributed by atoms with E-state index in [0.29, 0.717) is 44.1 Å². The van der Waals surface area contributed by atoms with Crippen molar-refractivity contribution in [2.45, 2.75) is 6.54 Å². The second-order valence-corrected chi connectivity index (χ2v) is 5.63. The van der Waals surface area contributed by atoms with E-state index >= 15 is 0 Å².